The molecular weight excluding hydrogens is 176 g/mol. The fourth-order valence-corrected chi connectivity index (χ4v) is 1.31. The second-order valence-electron chi connectivity index (χ2n) is 3.24. The minimum Gasteiger partial charge on any atom is -0.368 e. The molecule has 14 heavy (non-hydrogen) atoms. The number of aromatic nitrogens is 2. The predicted octanol–water partition coefficient (Wildman–Crippen LogP) is 1.15. The molecular formula is C10H12N4. The monoisotopic (exact) mass is 188 g/mol. The van der Waals surface area contributed by atoms with Crippen molar-refractivity contribution in [2.24, 2.45) is 0 Å². The number of imidazole rings is 1. The van der Waals surface area contributed by atoms with Crippen LogP contribution in [0.1, 0.15) is 5.56 Å². The van der Waals surface area contributed by atoms with Gasteiger partial charge in [-0.15, -0.1) is 0 Å². The van der Waals surface area contributed by atoms with Gasteiger partial charge in [0.05, 0.1) is 11.9 Å². The molecule has 0 spiro atoms. The van der Waals surface area contributed by atoms with Crippen LogP contribution in [0.5, 0.6) is 0 Å². The van der Waals surface area contributed by atoms with E-state index in [9.17, 15) is 0 Å². The summed E-state index contributed by atoms with van der Waals surface area (Å²) in [6, 6.07) is 8.04. The lowest BCUT2D eigenvalue weighted by Gasteiger charge is -2.03. The summed E-state index contributed by atoms with van der Waals surface area (Å²) in [6.45, 7) is 2.04. The third-order valence-electron chi connectivity index (χ3n) is 2.17. The maximum atomic E-state index is 5.70. The molecule has 2 aromatic rings. The second-order valence-corrected chi connectivity index (χ2v) is 3.24. The third kappa shape index (κ3) is 1.31. The highest BCUT2D eigenvalue weighted by Crippen LogP contribution is 2.19. The molecule has 0 aliphatic rings. The van der Waals surface area contributed by atoms with Crippen molar-refractivity contribution >= 4 is 5.95 Å². The van der Waals surface area contributed by atoms with Gasteiger partial charge in [-0.1, -0.05) is 29.8 Å². The summed E-state index contributed by atoms with van der Waals surface area (Å²) in [5.41, 5.74) is 8.59. The van der Waals surface area contributed by atoms with E-state index in [-0.39, 0.29) is 0 Å². The highest BCUT2D eigenvalue weighted by Gasteiger charge is 2.05. The van der Waals surface area contributed by atoms with Crippen LogP contribution in [0.4, 0.5) is 5.95 Å². The molecule has 0 aliphatic carbocycles. The van der Waals surface area contributed by atoms with Crippen molar-refractivity contribution in [1.82, 2.24) is 9.66 Å². The van der Waals surface area contributed by atoms with Gasteiger partial charge < -0.3 is 11.6 Å². The maximum absolute atomic E-state index is 5.70. The molecule has 1 aromatic heterocycles. The summed E-state index contributed by atoms with van der Waals surface area (Å²) in [5, 5.41) is 0. The quantitative estimate of drug-likeness (QED) is 0.659. The molecule has 0 atom stereocenters. The van der Waals surface area contributed by atoms with E-state index in [0.717, 1.165) is 11.3 Å². The Kier molecular flexibility index (Phi) is 1.89. The van der Waals surface area contributed by atoms with Gasteiger partial charge in [-0.05, 0) is 6.92 Å². The summed E-state index contributed by atoms with van der Waals surface area (Å²) in [7, 11) is 0. The number of hydrogen-bond acceptors (Lipinski definition) is 3. The van der Waals surface area contributed by atoms with Gasteiger partial charge in [-0.3, -0.25) is 0 Å². The number of nitrogens with zero attached hydrogens (tertiary/aromatic N) is 2. The standard InChI is InChI=1S/C10H12N4/c1-7-2-4-8(5-3-7)9-6-13-10(11)14(9)12/h2-6H,12H2,1H3,(H2,11,13). The van der Waals surface area contributed by atoms with Gasteiger partial charge >= 0.3 is 0 Å². The summed E-state index contributed by atoms with van der Waals surface area (Å²) < 4.78 is 1.38. The van der Waals surface area contributed by atoms with Gasteiger partial charge in [0.25, 0.3) is 0 Å². The van der Waals surface area contributed by atoms with Crippen molar-refractivity contribution < 1.29 is 0 Å². The van der Waals surface area contributed by atoms with E-state index >= 15 is 0 Å². The smallest absolute Gasteiger partial charge is 0.219 e. The summed E-state index contributed by atoms with van der Waals surface area (Å²) >= 11 is 0. The zero-order valence-electron chi connectivity index (χ0n) is 7.94. The number of nitrogens with two attached hydrogens (primary N) is 2. The maximum Gasteiger partial charge on any atom is 0.219 e. The largest absolute Gasteiger partial charge is 0.368 e. The van der Waals surface area contributed by atoms with Crippen LogP contribution < -0.4 is 11.6 Å². The molecule has 0 radical (unpaired) electrons. The first-order valence-electron chi connectivity index (χ1n) is 4.34. The predicted molar refractivity (Wildman–Crippen MR) is 57.0 cm³/mol. The van der Waals surface area contributed by atoms with E-state index in [0.29, 0.717) is 5.95 Å². The number of benzene rings is 1. The Morgan fingerprint density at radius 3 is 2.36 bits per heavy atom. The Hall–Kier alpha value is -1.97. The Balaban J connectivity index is 2.49. The van der Waals surface area contributed by atoms with E-state index in [1.807, 2.05) is 31.2 Å². The number of hydrogen-bond donors (Lipinski definition) is 2. The van der Waals surface area contributed by atoms with E-state index in [2.05, 4.69) is 4.98 Å². The van der Waals surface area contributed by atoms with Gasteiger partial charge in [-0.25, -0.2) is 9.66 Å². The second kappa shape index (κ2) is 3.06. The Labute approximate surface area is 82.1 Å². The minimum atomic E-state index is 0.320. The molecule has 0 fully saturated rings. The molecule has 0 aliphatic heterocycles. The fourth-order valence-electron chi connectivity index (χ4n) is 1.31. The van der Waals surface area contributed by atoms with Crippen LogP contribution in [-0.2, 0) is 0 Å². The average Bonchev–Trinajstić information content (AvgIpc) is 2.50. The highest BCUT2D eigenvalue weighted by molar-refractivity contribution is 5.61. The highest BCUT2D eigenvalue weighted by atomic mass is 15.4. The lowest BCUT2D eigenvalue weighted by atomic mass is 10.1. The van der Waals surface area contributed by atoms with Crippen LogP contribution in [-0.4, -0.2) is 9.66 Å². The molecule has 0 amide bonds. The SMILES string of the molecule is Cc1ccc(-c2cnc(N)n2N)cc1. The Bertz CT molecular complexity index is 442. The molecule has 72 valence electrons. The topological polar surface area (TPSA) is 69.9 Å². The molecule has 4 nitrogen and oxygen atoms in total. The van der Waals surface area contributed by atoms with Crippen LogP contribution in [0.3, 0.4) is 0 Å². The van der Waals surface area contributed by atoms with Crippen molar-refractivity contribution in [3.63, 3.8) is 0 Å². The van der Waals surface area contributed by atoms with E-state index in [1.54, 1.807) is 6.20 Å². The van der Waals surface area contributed by atoms with E-state index in [4.69, 9.17) is 11.6 Å². The first-order chi connectivity index (χ1) is 6.68. The molecule has 4 heteroatoms. The van der Waals surface area contributed by atoms with Gasteiger partial charge in [0, 0.05) is 5.56 Å². The lowest BCUT2D eigenvalue weighted by molar-refractivity contribution is 1.03. The van der Waals surface area contributed by atoms with Gasteiger partial charge in [0.15, 0.2) is 0 Å². The van der Waals surface area contributed by atoms with Crippen LogP contribution in [0.15, 0.2) is 30.5 Å². The molecule has 0 unspecified atom stereocenters. The molecule has 2 rings (SSSR count). The summed E-state index contributed by atoms with van der Waals surface area (Å²) in [5.74, 6) is 6.02. The Morgan fingerprint density at radius 2 is 1.86 bits per heavy atom. The van der Waals surface area contributed by atoms with Gasteiger partial charge in [-0.2, -0.15) is 0 Å². The normalized spacial score (nSPS) is 10.4. The molecule has 4 N–H and O–H groups in total. The first kappa shape index (κ1) is 8.62. The van der Waals surface area contributed by atoms with Crippen LogP contribution in [0, 0.1) is 6.92 Å². The Morgan fingerprint density at radius 1 is 1.21 bits per heavy atom. The number of anilines is 1. The number of rotatable bonds is 1. The molecule has 0 bridgehead atoms. The van der Waals surface area contributed by atoms with Crippen molar-refractivity contribution in [2.75, 3.05) is 11.6 Å². The number of aryl methyl sites for hydroxylation is 1. The zero-order valence-corrected chi connectivity index (χ0v) is 7.94. The molecule has 0 saturated heterocycles. The zero-order chi connectivity index (χ0) is 10.1. The molecule has 1 aromatic carbocycles. The third-order valence-corrected chi connectivity index (χ3v) is 2.17. The molecule has 0 saturated carbocycles. The van der Waals surface area contributed by atoms with Crippen LogP contribution >= 0.6 is 0 Å². The summed E-state index contributed by atoms with van der Waals surface area (Å²) in [4.78, 5) is 3.93. The van der Waals surface area contributed by atoms with Crippen LogP contribution in [0.2, 0.25) is 0 Å². The van der Waals surface area contributed by atoms with Crippen molar-refractivity contribution in [1.29, 1.82) is 0 Å². The van der Waals surface area contributed by atoms with Crippen LogP contribution in [0.25, 0.3) is 11.3 Å². The van der Waals surface area contributed by atoms with Gasteiger partial charge in [0.2, 0.25) is 5.95 Å². The average molecular weight is 188 g/mol. The molecule has 1 heterocycles. The number of nitrogen functional groups attached to an aromatic ring is 2. The fraction of sp³-hybridized carbons (Fsp3) is 0.100. The van der Waals surface area contributed by atoms with Crippen molar-refractivity contribution in [2.45, 2.75) is 6.92 Å². The van der Waals surface area contributed by atoms with Crippen molar-refractivity contribution in [3.8, 4) is 11.3 Å². The lowest BCUT2D eigenvalue weighted by Crippen LogP contribution is -2.13. The minimum absolute atomic E-state index is 0.320. The summed E-state index contributed by atoms with van der Waals surface area (Å²) in [6.07, 6.45) is 1.67. The van der Waals surface area contributed by atoms with E-state index < -0.39 is 0 Å². The van der Waals surface area contributed by atoms with E-state index in [1.165, 1.54) is 10.2 Å². The first-order valence-corrected chi connectivity index (χ1v) is 4.34. The van der Waals surface area contributed by atoms with Gasteiger partial charge in [0.1, 0.15) is 0 Å². The van der Waals surface area contributed by atoms with Crippen molar-refractivity contribution in [3.05, 3.63) is 36.0 Å².